The first kappa shape index (κ1) is 17.0. The average molecular weight is 370 g/mol. The van der Waals surface area contributed by atoms with Crippen LogP contribution in [0.1, 0.15) is 26.2 Å². The molecule has 0 fully saturated rings. The summed E-state index contributed by atoms with van der Waals surface area (Å²) in [5.41, 5.74) is 2.73. The largest absolute Gasteiger partial charge is 0.448 e. The van der Waals surface area contributed by atoms with E-state index in [0.717, 1.165) is 29.8 Å². The lowest BCUT2D eigenvalue weighted by molar-refractivity contribution is 0.250. The van der Waals surface area contributed by atoms with Crippen molar-refractivity contribution in [3.63, 3.8) is 0 Å². The molecule has 134 valence electrons. The van der Waals surface area contributed by atoms with Crippen LogP contribution in [0.5, 0.6) is 5.88 Å². The van der Waals surface area contributed by atoms with Gasteiger partial charge in [0.1, 0.15) is 5.83 Å². The molecule has 1 aliphatic carbocycles. The van der Waals surface area contributed by atoms with Gasteiger partial charge in [0.15, 0.2) is 5.69 Å². The number of thioether (sulfide) groups is 1. The summed E-state index contributed by atoms with van der Waals surface area (Å²) in [7, 11) is 0. The maximum atomic E-state index is 14.4. The van der Waals surface area contributed by atoms with Crippen molar-refractivity contribution in [1.82, 2.24) is 15.2 Å². The molecule has 1 atom stereocenters. The number of rotatable bonds is 4. The SMILES string of the molecule is CCCSc1nnc2c(n1)OC(C1=CCCC=C1F)Nc1ccccc1-2. The number of benzene rings is 1. The molecule has 1 N–H and O–H groups in total. The molecule has 7 heteroatoms. The second-order valence-corrected chi connectivity index (χ2v) is 7.14. The third-order valence-corrected chi connectivity index (χ3v) is 5.23. The fourth-order valence-electron chi connectivity index (χ4n) is 2.94. The van der Waals surface area contributed by atoms with E-state index in [-0.39, 0.29) is 5.83 Å². The number of hydrogen-bond donors (Lipinski definition) is 1. The Hall–Kier alpha value is -2.41. The molecule has 1 aromatic carbocycles. The Morgan fingerprint density at radius 3 is 2.92 bits per heavy atom. The summed E-state index contributed by atoms with van der Waals surface area (Å²) in [6.45, 7) is 2.10. The number of allylic oxidation sites excluding steroid dienone is 2. The zero-order valence-electron chi connectivity index (χ0n) is 14.4. The average Bonchev–Trinajstić information content (AvgIpc) is 2.83. The van der Waals surface area contributed by atoms with Crippen molar-refractivity contribution < 1.29 is 9.13 Å². The molecule has 0 saturated carbocycles. The molecule has 0 amide bonds. The van der Waals surface area contributed by atoms with Crippen molar-refractivity contribution in [3.8, 4) is 17.1 Å². The number of nitrogens with zero attached hydrogens (tertiary/aromatic N) is 3. The summed E-state index contributed by atoms with van der Waals surface area (Å²) in [5, 5.41) is 12.4. The van der Waals surface area contributed by atoms with Crippen LogP contribution in [0.3, 0.4) is 0 Å². The highest BCUT2D eigenvalue weighted by atomic mass is 32.2. The molecular formula is C19H19FN4OS. The van der Waals surface area contributed by atoms with Gasteiger partial charge in [-0.2, -0.15) is 4.98 Å². The molecule has 5 nitrogen and oxygen atoms in total. The number of halogens is 1. The zero-order valence-corrected chi connectivity index (χ0v) is 15.2. The number of para-hydroxylation sites is 1. The number of aromatic nitrogens is 3. The molecule has 0 saturated heterocycles. The molecule has 4 rings (SSSR count). The first-order chi connectivity index (χ1) is 12.8. The lowest BCUT2D eigenvalue weighted by atomic mass is 10.0. The van der Waals surface area contributed by atoms with Crippen LogP contribution >= 0.6 is 11.8 Å². The molecule has 1 unspecified atom stereocenters. The molecule has 2 aliphatic rings. The van der Waals surface area contributed by atoms with Gasteiger partial charge in [0.05, 0.1) is 0 Å². The fraction of sp³-hybridized carbons (Fsp3) is 0.316. The second-order valence-electron chi connectivity index (χ2n) is 6.07. The lowest BCUT2D eigenvalue weighted by Crippen LogP contribution is -2.29. The highest BCUT2D eigenvalue weighted by molar-refractivity contribution is 7.99. The van der Waals surface area contributed by atoms with Gasteiger partial charge in [0.2, 0.25) is 17.3 Å². The van der Waals surface area contributed by atoms with Gasteiger partial charge < -0.3 is 10.1 Å². The third-order valence-electron chi connectivity index (χ3n) is 4.18. The van der Waals surface area contributed by atoms with E-state index in [1.165, 1.54) is 11.8 Å². The van der Waals surface area contributed by atoms with Gasteiger partial charge in [0, 0.05) is 22.6 Å². The summed E-state index contributed by atoms with van der Waals surface area (Å²) < 4.78 is 20.5. The maximum Gasteiger partial charge on any atom is 0.247 e. The van der Waals surface area contributed by atoms with Crippen LogP contribution in [0.2, 0.25) is 0 Å². The minimum atomic E-state index is -0.658. The molecule has 2 heterocycles. The van der Waals surface area contributed by atoms with Crippen LogP contribution in [-0.2, 0) is 0 Å². The standard InChI is InChI=1S/C19H19FN4OS/c1-2-11-26-19-22-18-16(23-24-19)13-8-4-6-10-15(13)21-17(25-18)12-7-3-5-9-14(12)20/h4,6-10,17,21H,2-3,5,11H2,1H3. The van der Waals surface area contributed by atoms with Gasteiger partial charge in [-0.1, -0.05) is 43.0 Å². The predicted molar refractivity (Wildman–Crippen MR) is 101 cm³/mol. The summed E-state index contributed by atoms with van der Waals surface area (Å²) >= 11 is 1.53. The van der Waals surface area contributed by atoms with Gasteiger partial charge in [0.25, 0.3) is 0 Å². The number of hydrogen-bond acceptors (Lipinski definition) is 6. The highest BCUT2D eigenvalue weighted by Crippen LogP contribution is 2.38. The van der Waals surface area contributed by atoms with Crippen LogP contribution < -0.4 is 10.1 Å². The Balaban J connectivity index is 1.77. The zero-order chi connectivity index (χ0) is 17.9. The van der Waals surface area contributed by atoms with Crippen LogP contribution in [-0.4, -0.2) is 27.2 Å². The van der Waals surface area contributed by atoms with Gasteiger partial charge in [-0.25, -0.2) is 4.39 Å². The van der Waals surface area contributed by atoms with Gasteiger partial charge in [-0.3, -0.25) is 0 Å². The van der Waals surface area contributed by atoms with Crippen molar-refractivity contribution in [3.05, 3.63) is 47.8 Å². The molecule has 2 aromatic rings. The first-order valence-corrected chi connectivity index (χ1v) is 9.71. The Morgan fingerprint density at radius 1 is 1.23 bits per heavy atom. The van der Waals surface area contributed by atoms with Gasteiger partial charge >= 0.3 is 0 Å². The van der Waals surface area contributed by atoms with E-state index >= 15 is 0 Å². The third kappa shape index (κ3) is 3.31. The van der Waals surface area contributed by atoms with Crippen molar-refractivity contribution in [2.75, 3.05) is 11.1 Å². The van der Waals surface area contributed by atoms with E-state index in [1.807, 2.05) is 30.3 Å². The van der Waals surface area contributed by atoms with Gasteiger partial charge in [-0.05, 0) is 31.4 Å². The Morgan fingerprint density at radius 2 is 2.08 bits per heavy atom. The minimum Gasteiger partial charge on any atom is -0.448 e. The normalized spacial score (nSPS) is 18.5. The van der Waals surface area contributed by atoms with Crippen molar-refractivity contribution >= 4 is 17.4 Å². The van der Waals surface area contributed by atoms with E-state index in [1.54, 1.807) is 6.08 Å². The monoisotopic (exact) mass is 370 g/mol. The lowest BCUT2D eigenvalue weighted by Gasteiger charge is -2.22. The van der Waals surface area contributed by atoms with Gasteiger partial charge in [-0.15, -0.1) is 10.2 Å². The summed E-state index contributed by atoms with van der Waals surface area (Å²) in [6, 6.07) is 7.70. The van der Waals surface area contributed by atoms with Crippen LogP contribution in [0.15, 0.2) is 53.0 Å². The molecule has 0 spiro atoms. The maximum absolute atomic E-state index is 14.4. The smallest absolute Gasteiger partial charge is 0.247 e. The molecule has 26 heavy (non-hydrogen) atoms. The van der Waals surface area contributed by atoms with E-state index in [4.69, 9.17) is 4.74 Å². The predicted octanol–water partition coefficient (Wildman–Crippen LogP) is 4.74. The Kier molecular flexibility index (Phi) is 4.88. The molecular weight excluding hydrogens is 351 g/mol. The number of ether oxygens (including phenoxy) is 1. The van der Waals surface area contributed by atoms with Crippen molar-refractivity contribution in [2.45, 2.75) is 37.6 Å². The number of nitrogens with one attached hydrogen (secondary N) is 1. The Labute approximate surface area is 155 Å². The topological polar surface area (TPSA) is 59.9 Å². The van der Waals surface area contributed by atoms with E-state index < -0.39 is 6.23 Å². The minimum absolute atomic E-state index is 0.253. The molecule has 0 radical (unpaired) electrons. The second kappa shape index (κ2) is 7.45. The fourth-order valence-corrected chi connectivity index (χ4v) is 3.57. The number of fused-ring (bicyclic) bond motifs is 3. The molecule has 1 aromatic heterocycles. The van der Waals surface area contributed by atoms with E-state index in [0.29, 0.717) is 28.7 Å². The van der Waals surface area contributed by atoms with Crippen molar-refractivity contribution in [1.29, 1.82) is 0 Å². The van der Waals surface area contributed by atoms with Crippen LogP contribution in [0.25, 0.3) is 11.3 Å². The number of anilines is 1. The summed E-state index contributed by atoms with van der Waals surface area (Å²) in [6.07, 6.45) is 5.33. The van der Waals surface area contributed by atoms with Crippen molar-refractivity contribution in [2.24, 2.45) is 0 Å². The van der Waals surface area contributed by atoms with E-state index in [9.17, 15) is 4.39 Å². The van der Waals surface area contributed by atoms with Crippen LogP contribution in [0.4, 0.5) is 10.1 Å². The molecule has 0 bridgehead atoms. The van der Waals surface area contributed by atoms with Crippen LogP contribution in [0, 0.1) is 0 Å². The molecule has 1 aliphatic heterocycles. The first-order valence-electron chi connectivity index (χ1n) is 8.72. The quantitative estimate of drug-likeness (QED) is 0.784. The Bertz CT molecular complexity index is 884. The van der Waals surface area contributed by atoms with E-state index in [2.05, 4.69) is 27.4 Å². The summed E-state index contributed by atoms with van der Waals surface area (Å²) in [5.74, 6) is 1.03. The highest BCUT2D eigenvalue weighted by Gasteiger charge is 2.29. The summed E-state index contributed by atoms with van der Waals surface area (Å²) in [4.78, 5) is 4.54.